The number of anilines is 1. The predicted molar refractivity (Wildman–Crippen MR) is 82.7 cm³/mol. The number of hydrogen-bond donors (Lipinski definition) is 1. The number of rotatable bonds is 3. The average Bonchev–Trinajstić information content (AvgIpc) is 2.97. The molecule has 2 aromatic rings. The normalized spacial score (nSPS) is 19.1. The maximum absolute atomic E-state index is 6.15. The number of nitrogens with one attached hydrogen (secondary N) is 1. The van der Waals surface area contributed by atoms with Crippen LogP contribution in [0.4, 0.5) is 5.95 Å². The highest BCUT2D eigenvalue weighted by Gasteiger charge is 2.24. The molecular formula is C14H17Cl2N3O. The van der Waals surface area contributed by atoms with Gasteiger partial charge in [-0.1, -0.05) is 23.2 Å². The number of nitrogens with zero attached hydrogens (tertiary/aromatic N) is 2. The summed E-state index contributed by atoms with van der Waals surface area (Å²) in [5.74, 6) is 0.806. The van der Waals surface area contributed by atoms with Gasteiger partial charge in [-0.15, -0.1) is 0 Å². The van der Waals surface area contributed by atoms with Gasteiger partial charge in [0.15, 0.2) is 0 Å². The maximum Gasteiger partial charge on any atom is 0.206 e. The molecule has 1 aliphatic rings. The van der Waals surface area contributed by atoms with Gasteiger partial charge in [-0.05, 0) is 38.8 Å². The molecule has 0 saturated carbocycles. The number of benzene rings is 1. The van der Waals surface area contributed by atoms with Crippen LogP contribution in [-0.4, -0.2) is 22.2 Å². The van der Waals surface area contributed by atoms with E-state index in [1.807, 2.05) is 6.07 Å². The second-order valence-electron chi connectivity index (χ2n) is 5.33. The van der Waals surface area contributed by atoms with Crippen molar-refractivity contribution in [3.8, 4) is 0 Å². The molecule has 6 heteroatoms. The first-order valence-corrected chi connectivity index (χ1v) is 7.57. The van der Waals surface area contributed by atoms with E-state index in [0.717, 1.165) is 36.4 Å². The molecule has 1 fully saturated rings. The van der Waals surface area contributed by atoms with Crippen molar-refractivity contribution in [2.24, 2.45) is 0 Å². The van der Waals surface area contributed by atoms with Gasteiger partial charge in [0.25, 0.3) is 0 Å². The quantitative estimate of drug-likeness (QED) is 0.908. The third-order valence-electron chi connectivity index (χ3n) is 3.34. The minimum atomic E-state index is 0.0125. The molecule has 4 nitrogen and oxygen atoms in total. The van der Waals surface area contributed by atoms with Crippen molar-refractivity contribution >= 4 is 40.2 Å². The molecule has 0 unspecified atom stereocenters. The zero-order chi connectivity index (χ0) is 14.3. The lowest BCUT2D eigenvalue weighted by Crippen LogP contribution is -2.17. The van der Waals surface area contributed by atoms with E-state index in [-0.39, 0.29) is 12.3 Å². The zero-order valence-corrected chi connectivity index (χ0v) is 13.0. The highest BCUT2D eigenvalue weighted by molar-refractivity contribution is 6.42. The van der Waals surface area contributed by atoms with Crippen LogP contribution in [0.1, 0.15) is 32.9 Å². The maximum atomic E-state index is 6.15. The molecule has 1 aromatic heterocycles. The summed E-state index contributed by atoms with van der Waals surface area (Å²) in [4.78, 5) is 4.63. The van der Waals surface area contributed by atoms with Crippen molar-refractivity contribution in [3.05, 3.63) is 22.2 Å². The molecule has 0 bridgehead atoms. The van der Waals surface area contributed by atoms with Crippen LogP contribution in [0.15, 0.2) is 12.1 Å². The summed E-state index contributed by atoms with van der Waals surface area (Å²) in [5, 5.41) is 4.42. The Morgan fingerprint density at radius 3 is 2.75 bits per heavy atom. The van der Waals surface area contributed by atoms with Crippen LogP contribution in [0, 0.1) is 0 Å². The van der Waals surface area contributed by atoms with E-state index in [1.54, 1.807) is 6.07 Å². The number of imidazole rings is 1. The van der Waals surface area contributed by atoms with Crippen molar-refractivity contribution in [2.75, 3.05) is 11.9 Å². The average molecular weight is 314 g/mol. The Labute approximate surface area is 128 Å². The van der Waals surface area contributed by atoms with E-state index in [0.29, 0.717) is 10.0 Å². The lowest BCUT2D eigenvalue weighted by molar-refractivity contribution is 0.0612. The van der Waals surface area contributed by atoms with Gasteiger partial charge in [0.2, 0.25) is 5.95 Å². The second-order valence-corrected chi connectivity index (χ2v) is 6.14. The summed E-state index contributed by atoms with van der Waals surface area (Å²) in [6, 6.07) is 3.95. The van der Waals surface area contributed by atoms with Crippen molar-refractivity contribution in [2.45, 2.75) is 39.0 Å². The van der Waals surface area contributed by atoms with Gasteiger partial charge in [0, 0.05) is 12.6 Å². The highest BCUT2D eigenvalue weighted by Crippen LogP contribution is 2.35. The van der Waals surface area contributed by atoms with E-state index >= 15 is 0 Å². The highest BCUT2D eigenvalue weighted by atomic mass is 35.5. The molecule has 0 aliphatic carbocycles. The largest absolute Gasteiger partial charge is 0.358 e. The van der Waals surface area contributed by atoms with Gasteiger partial charge in [-0.2, -0.15) is 0 Å². The first-order chi connectivity index (χ1) is 9.56. The van der Waals surface area contributed by atoms with Crippen molar-refractivity contribution in [1.29, 1.82) is 0 Å². The van der Waals surface area contributed by atoms with Gasteiger partial charge in [0.05, 0.1) is 21.1 Å². The Balaban J connectivity index is 2.17. The third kappa shape index (κ3) is 2.48. The molecule has 1 N–H and O–H groups in total. The first-order valence-electron chi connectivity index (χ1n) is 6.81. The van der Waals surface area contributed by atoms with E-state index in [2.05, 4.69) is 28.7 Å². The van der Waals surface area contributed by atoms with E-state index < -0.39 is 0 Å². The van der Waals surface area contributed by atoms with Crippen LogP contribution in [0.3, 0.4) is 0 Å². The van der Waals surface area contributed by atoms with Crippen molar-refractivity contribution < 1.29 is 4.74 Å². The Kier molecular flexibility index (Phi) is 3.80. The smallest absolute Gasteiger partial charge is 0.206 e. The SMILES string of the molecule is CC(C)Nc1nc2cc(Cl)c(Cl)cc2n1[C@@H]1CCCO1. The molecule has 1 atom stereocenters. The van der Waals surface area contributed by atoms with Gasteiger partial charge in [-0.25, -0.2) is 4.98 Å². The van der Waals surface area contributed by atoms with Gasteiger partial charge >= 0.3 is 0 Å². The number of ether oxygens (including phenoxy) is 1. The standard InChI is InChI=1S/C14H17Cl2N3O/c1-8(2)17-14-18-11-6-9(15)10(16)7-12(11)19(14)13-4-3-5-20-13/h6-8,13H,3-5H2,1-2H3,(H,17,18)/t13-/m0/s1. The van der Waals surface area contributed by atoms with Crippen LogP contribution >= 0.6 is 23.2 Å². The Morgan fingerprint density at radius 1 is 1.35 bits per heavy atom. The topological polar surface area (TPSA) is 39.1 Å². The second kappa shape index (κ2) is 5.43. The Morgan fingerprint density at radius 2 is 2.10 bits per heavy atom. The van der Waals surface area contributed by atoms with Crippen molar-refractivity contribution in [1.82, 2.24) is 9.55 Å². The fourth-order valence-electron chi connectivity index (χ4n) is 2.51. The summed E-state index contributed by atoms with van der Waals surface area (Å²) >= 11 is 12.2. The molecule has 3 rings (SSSR count). The molecule has 20 heavy (non-hydrogen) atoms. The lowest BCUT2D eigenvalue weighted by atomic mass is 10.3. The molecule has 0 spiro atoms. The van der Waals surface area contributed by atoms with E-state index in [1.165, 1.54) is 0 Å². The third-order valence-corrected chi connectivity index (χ3v) is 4.07. The lowest BCUT2D eigenvalue weighted by Gasteiger charge is -2.18. The molecular weight excluding hydrogens is 297 g/mol. The zero-order valence-electron chi connectivity index (χ0n) is 11.5. The van der Waals surface area contributed by atoms with Crippen LogP contribution < -0.4 is 5.32 Å². The van der Waals surface area contributed by atoms with Gasteiger partial charge < -0.3 is 10.1 Å². The molecule has 1 saturated heterocycles. The van der Waals surface area contributed by atoms with Crippen LogP contribution in [0.25, 0.3) is 11.0 Å². The monoisotopic (exact) mass is 313 g/mol. The molecule has 0 amide bonds. The first kappa shape index (κ1) is 14.0. The number of hydrogen-bond acceptors (Lipinski definition) is 3. The minimum Gasteiger partial charge on any atom is -0.358 e. The van der Waals surface area contributed by atoms with Gasteiger partial charge in [-0.3, -0.25) is 4.57 Å². The van der Waals surface area contributed by atoms with Crippen LogP contribution in [-0.2, 0) is 4.74 Å². The molecule has 0 radical (unpaired) electrons. The predicted octanol–water partition coefficient (Wildman–Crippen LogP) is 4.47. The summed E-state index contributed by atoms with van der Waals surface area (Å²) in [7, 11) is 0. The molecule has 1 aromatic carbocycles. The fraction of sp³-hybridized carbons (Fsp3) is 0.500. The summed E-state index contributed by atoms with van der Waals surface area (Å²) in [6.07, 6.45) is 2.06. The number of aromatic nitrogens is 2. The Hall–Kier alpha value is -0.970. The van der Waals surface area contributed by atoms with E-state index in [4.69, 9.17) is 27.9 Å². The van der Waals surface area contributed by atoms with Crippen LogP contribution in [0.2, 0.25) is 10.0 Å². The van der Waals surface area contributed by atoms with Crippen molar-refractivity contribution in [3.63, 3.8) is 0 Å². The Bertz CT molecular complexity index is 633. The summed E-state index contributed by atoms with van der Waals surface area (Å²) in [6.45, 7) is 4.95. The summed E-state index contributed by atoms with van der Waals surface area (Å²) < 4.78 is 7.89. The molecule has 108 valence electrons. The number of fused-ring (bicyclic) bond motifs is 1. The number of halogens is 2. The van der Waals surface area contributed by atoms with E-state index in [9.17, 15) is 0 Å². The van der Waals surface area contributed by atoms with Gasteiger partial charge in [0.1, 0.15) is 6.23 Å². The summed E-state index contributed by atoms with van der Waals surface area (Å²) in [5.41, 5.74) is 1.78. The fourth-order valence-corrected chi connectivity index (χ4v) is 2.82. The molecule has 2 heterocycles. The molecule has 1 aliphatic heterocycles. The van der Waals surface area contributed by atoms with Crippen LogP contribution in [0.5, 0.6) is 0 Å². The minimum absolute atomic E-state index is 0.0125.